The van der Waals surface area contributed by atoms with Gasteiger partial charge in [0.25, 0.3) is 5.91 Å². The molecule has 1 heterocycles. The SMILES string of the molecule is O=C(COC(=O)c1sc2cc(Cl)ccc2c1Cl)NCc1ccc(F)cc1. The third-order valence-electron chi connectivity index (χ3n) is 3.51. The molecule has 3 rings (SSSR count). The van der Waals surface area contributed by atoms with Crippen LogP contribution in [0.3, 0.4) is 0 Å². The van der Waals surface area contributed by atoms with Crippen molar-refractivity contribution < 1.29 is 18.7 Å². The summed E-state index contributed by atoms with van der Waals surface area (Å²) in [6.07, 6.45) is 0. The molecule has 0 spiro atoms. The topological polar surface area (TPSA) is 55.4 Å². The van der Waals surface area contributed by atoms with Gasteiger partial charge in [0.1, 0.15) is 10.7 Å². The third-order valence-corrected chi connectivity index (χ3v) is 5.39. The third kappa shape index (κ3) is 4.33. The molecule has 134 valence electrons. The summed E-state index contributed by atoms with van der Waals surface area (Å²) < 4.78 is 18.6. The monoisotopic (exact) mass is 411 g/mol. The van der Waals surface area contributed by atoms with E-state index in [0.717, 1.165) is 21.6 Å². The van der Waals surface area contributed by atoms with E-state index in [-0.39, 0.29) is 22.3 Å². The quantitative estimate of drug-likeness (QED) is 0.612. The fourth-order valence-electron chi connectivity index (χ4n) is 2.22. The number of benzene rings is 2. The Hall–Kier alpha value is -2.15. The van der Waals surface area contributed by atoms with E-state index >= 15 is 0 Å². The van der Waals surface area contributed by atoms with Crippen LogP contribution < -0.4 is 5.32 Å². The van der Waals surface area contributed by atoms with Gasteiger partial charge < -0.3 is 10.1 Å². The maximum absolute atomic E-state index is 12.8. The Morgan fingerprint density at radius 1 is 1.12 bits per heavy atom. The number of fused-ring (bicyclic) bond motifs is 1. The van der Waals surface area contributed by atoms with E-state index < -0.39 is 18.5 Å². The first-order chi connectivity index (χ1) is 12.4. The molecule has 4 nitrogen and oxygen atoms in total. The van der Waals surface area contributed by atoms with Crippen LogP contribution in [-0.4, -0.2) is 18.5 Å². The van der Waals surface area contributed by atoms with E-state index in [1.54, 1.807) is 30.3 Å². The highest BCUT2D eigenvalue weighted by Crippen LogP contribution is 2.37. The molecule has 1 N–H and O–H groups in total. The lowest BCUT2D eigenvalue weighted by atomic mass is 10.2. The molecule has 0 radical (unpaired) electrons. The van der Waals surface area contributed by atoms with Crippen molar-refractivity contribution in [3.05, 3.63) is 68.8 Å². The smallest absolute Gasteiger partial charge is 0.350 e. The van der Waals surface area contributed by atoms with Crippen LogP contribution in [-0.2, 0) is 16.1 Å². The molecule has 0 saturated heterocycles. The number of hydrogen-bond donors (Lipinski definition) is 1. The van der Waals surface area contributed by atoms with Gasteiger partial charge in [-0.2, -0.15) is 0 Å². The zero-order valence-electron chi connectivity index (χ0n) is 13.2. The molecule has 2 aromatic carbocycles. The maximum Gasteiger partial charge on any atom is 0.350 e. The van der Waals surface area contributed by atoms with E-state index in [0.29, 0.717) is 10.4 Å². The number of esters is 1. The van der Waals surface area contributed by atoms with E-state index in [9.17, 15) is 14.0 Å². The molecular weight excluding hydrogens is 400 g/mol. The first-order valence-corrected chi connectivity index (χ1v) is 9.07. The normalized spacial score (nSPS) is 10.7. The lowest BCUT2D eigenvalue weighted by molar-refractivity contribution is -0.124. The van der Waals surface area contributed by atoms with Gasteiger partial charge in [0.15, 0.2) is 6.61 Å². The van der Waals surface area contributed by atoms with E-state index in [1.807, 2.05) is 0 Å². The summed E-state index contributed by atoms with van der Waals surface area (Å²) in [5, 5.41) is 4.10. The Labute approximate surface area is 162 Å². The fourth-order valence-corrected chi connectivity index (χ4v) is 3.90. The second kappa shape index (κ2) is 8.03. The van der Waals surface area contributed by atoms with Crippen molar-refractivity contribution in [2.45, 2.75) is 6.54 Å². The van der Waals surface area contributed by atoms with Gasteiger partial charge in [-0.15, -0.1) is 11.3 Å². The maximum atomic E-state index is 12.8. The Kier molecular flexibility index (Phi) is 5.76. The lowest BCUT2D eigenvalue weighted by Gasteiger charge is -2.06. The number of amides is 1. The molecule has 0 atom stereocenters. The molecule has 1 aromatic heterocycles. The van der Waals surface area contributed by atoms with Gasteiger partial charge in [0, 0.05) is 21.7 Å². The Morgan fingerprint density at radius 2 is 1.85 bits per heavy atom. The van der Waals surface area contributed by atoms with Crippen LogP contribution in [0.15, 0.2) is 42.5 Å². The van der Waals surface area contributed by atoms with E-state index in [2.05, 4.69) is 5.32 Å². The molecule has 1 amide bonds. The highest BCUT2D eigenvalue weighted by atomic mass is 35.5. The largest absolute Gasteiger partial charge is 0.451 e. The van der Waals surface area contributed by atoms with Crippen molar-refractivity contribution in [3.8, 4) is 0 Å². The van der Waals surface area contributed by atoms with Crippen LogP contribution in [0, 0.1) is 5.82 Å². The number of thiophene rings is 1. The number of halogens is 3. The fraction of sp³-hybridized carbons (Fsp3) is 0.111. The average Bonchev–Trinajstić information content (AvgIpc) is 2.95. The van der Waals surface area contributed by atoms with Crippen molar-refractivity contribution in [3.63, 3.8) is 0 Å². The lowest BCUT2D eigenvalue weighted by Crippen LogP contribution is -2.28. The van der Waals surface area contributed by atoms with Crippen LogP contribution >= 0.6 is 34.5 Å². The number of hydrogen-bond acceptors (Lipinski definition) is 4. The summed E-state index contributed by atoms with van der Waals surface area (Å²) in [7, 11) is 0. The number of rotatable bonds is 5. The van der Waals surface area contributed by atoms with E-state index in [4.69, 9.17) is 27.9 Å². The second-order valence-electron chi connectivity index (χ2n) is 5.36. The predicted octanol–water partition coefficient (Wildman–Crippen LogP) is 4.82. The molecule has 0 bridgehead atoms. The van der Waals surface area contributed by atoms with Gasteiger partial charge in [-0.1, -0.05) is 41.4 Å². The van der Waals surface area contributed by atoms with E-state index in [1.165, 1.54) is 12.1 Å². The summed E-state index contributed by atoms with van der Waals surface area (Å²) in [6.45, 7) is -0.232. The van der Waals surface area contributed by atoms with Gasteiger partial charge in [-0.05, 0) is 29.8 Å². The van der Waals surface area contributed by atoms with Crippen LogP contribution in [0.5, 0.6) is 0 Å². The second-order valence-corrected chi connectivity index (χ2v) is 7.23. The van der Waals surface area contributed by atoms with Crippen LogP contribution in [0.4, 0.5) is 4.39 Å². The summed E-state index contributed by atoms with van der Waals surface area (Å²) in [5.41, 5.74) is 0.732. The van der Waals surface area contributed by atoms with Crippen molar-refractivity contribution >= 4 is 56.5 Å². The van der Waals surface area contributed by atoms with Crippen LogP contribution in [0.1, 0.15) is 15.2 Å². The van der Waals surface area contributed by atoms with Gasteiger partial charge in [0.2, 0.25) is 0 Å². The highest BCUT2D eigenvalue weighted by Gasteiger charge is 2.19. The zero-order chi connectivity index (χ0) is 18.7. The minimum Gasteiger partial charge on any atom is -0.451 e. The van der Waals surface area contributed by atoms with Crippen molar-refractivity contribution in [1.82, 2.24) is 5.32 Å². The van der Waals surface area contributed by atoms with Crippen molar-refractivity contribution in [1.29, 1.82) is 0 Å². The number of carbonyl (C=O) groups excluding carboxylic acids is 2. The first-order valence-electron chi connectivity index (χ1n) is 7.50. The number of carbonyl (C=O) groups is 2. The van der Waals surface area contributed by atoms with Gasteiger partial charge >= 0.3 is 5.97 Å². The molecule has 0 fully saturated rings. The molecule has 0 aliphatic rings. The highest BCUT2D eigenvalue weighted by molar-refractivity contribution is 7.21. The van der Waals surface area contributed by atoms with Crippen LogP contribution in [0.25, 0.3) is 10.1 Å². The van der Waals surface area contributed by atoms with Gasteiger partial charge in [-0.25, -0.2) is 9.18 Å². The zero-order valence-corrected chi connectivity index (χ0v) is 15.6. The minimum atomic E-state index is -0.677. The molecule has 0 aliphatic carbocycles. The van der Waals surface area contributed by atoms with Gasteiger partial charge in [-0.3, -0.25) is 4.79 Å². The number of nitrogens with one attached hydrogen (secondary N) is 1. The number of ether oxygens (including phenoxy) is 1. The molecule has 8 heteroatoms. The van der Waals surface area contributed by atoms with Crippen molar-refractivity contribution in [2.24, 2.45) is 0 Å². The first kappa shape index (κ1) is 18.6. The molecule has 26 heavy (non-hydrogen) atoms. The molecular formula is C18H12Cl2FNO3S. The van der Waals surface area contributed by atoms with Crippen molar-refractivity contribution in [2.75, 3.05) is 6.61 Å². The Morgan fingerprint density at radius 3 is 2.58 bits per heavy atom. The minimum absolute atomic E-state index is 0.207. The summed E-state index contributed by atoms with van der Waals surface area (Å²) in [5.74, 6) is -1.50. The van der Waals surface area contributed by atoms with Crippen LogP contribution in [0.2, 0.25) is 10.0 Å². The molecule has 0 unspecified atom stereocenters. The summed E-state index contributed by atoms with van der Waals surface area (Å²) >= 11 is 13.3. The molecule has 0 saturated carbocycles. The molecule has 0 aliphatic heterocycles. The Bertz CT molecular complexity index is 972. The predicted molar refractivity (Wildman–Crippen MR) is 100 cm³/mol. The van der Waals surface area contributed by atoms with Gasteiger partial charge in [0.05, 0.1) is 5.02 Å². The molecule has 3 aromatic rings. The summed E-state index contributed by atoms with van der Waals surface area (Å²) in [6, 6.07) is 10.8. The average molecular weight is 412 g/mol. The summed E-state index contributed by atoms with van der Waals surface area (Å²) in [4.78, 5) is 24.2. The Balaban J connectivity index is 1.57. The standard InChI is InChI=1S/C18H12Cl2FNO3S/c19-11-3-6-13-14(7-11)26-17(16(13)20)18(24)25-9-15(23)22-8-10-1-4-12(21)5-2-10/h1-7H,8-9H2,(H,22,23).